The minimum Gasteiger partial charge on any atom is -0.495 e. The summed E-state index contributed by atoms with van der Waals surface area (Å²) in [7, 11) is 3.31. The number of rotatable bonds is 12. The van der Waals surface area contributed by atoms with Crippen molar-refractivity contribution in [1.29, 1.82) is 0 Å². The Bertz CT molecular complexity index is 2440. The summed E-state index contributed by atoms with van der Waals surface area (Å²) in [4.78, 5) is 112. The molecular formula is C47H57N11O8. The molecule has 3 N–H and O–H groups in total. The number of anilines is 5. The van der Waals surface area contributed by atoms with Crippen molar-refractivity contribution in [2.45, 2.75) is 95.3 Å². The first-order valence-electron chi connectivity index (χ1n) is 23.2. The number of piperazine rings is 1. The SMILES string of the molecule is CC[C@@H]1C(=O)N(C)c2cnc(Nc3ccc(C(=O)NC4CCN(C(=O)CCN5CCN(c6cccc7c6C(=O)N(C6CCC(=O)NC6=O)C7=O)CC5)CC4)cc3OC)nc2N1C1CCCC1. The normalized spacial score (nSPS) is 21.9. The fraction of sp³-hybridized carbons (Fsp3) is 0.511. The van der Waals surface area contributed by atoms with Gasteiger partial charge in [0.2, 0.25) is 29.6 Å². The molecule has 348 valence electrons. The Hall–Kier alpha value is -6.63. The maximum Gasteiger partial charge on any atom is 0.264 e. The molecule has 4 fully saturated rings. The van der Waals surface area contributed by atoms with Gasteiger partial charge in [0.1, 0.15) is 23.5 Å². The average Bonchev–Trinajstić information content (AvgIpc) is 3.95. The lowest BCUT2D eigenvalue weighted by Gasteiger charge is -2.43. The number of carbonyl (C=O) groups is 7. The van der Waals surface area contributed by atoms with Crippen molar-refractivity contribution in [1.82, 2.24) is 35.3 Å². The number of hydrogen-bond donors (Lipinski definition) is 3. The molecular weight excluding hydrogens is 847 g/mol. The van der Waals surface area contributed by atoms with Gasteiger partial charge in [-0.2, -0.15) is 4.98 Å². The summed E-state index contributed by atoms with van der Waals surface area (Å²) < 4.78 is 5.71. The number of methoxy groups -OCH3 is 1. The van der Waals surface area contributed by atoms with Gasteiger partial charge >= 0.3 is 0 Å². The number of likely N-dealkylation sites (tertiary alicyclic amines) is 1. The smallest absolute Gasteiger partial charge is 0.264 e. The van der Waals surface area contributed by atoms with Crippen LogP contribution < -0.4 is 35.4 Å². The van der Waals surface area contributed by atoms with Crippen LogP contribution in [0.1, 0.15) is 102 Å². The third-order valence-corrected chi connectivity index (χ3v) is 14.1. The van der Waals surface area contributed by atoms with E-state index in [4.69, 9.17) is 9.72 Å². The molecule has 3 saturated heterocycles. The third kappa shape index (κ3) is 8.51. The maximum absolute atomic E-state index is 13.6. The number of hydrogen-bond acceptors (Lipinski definition) is 14. The van der Waals surface area contributed by atoms with E-state index in [-0.39, 0.29) is 59.8 Å². The molecule has 6 heterocycles. The number of nitrogens with zero attached hydrogens (tertiary/aromatic N) is 8. The van der Waals surface area contributed by atoms with Crippen molar-refractivity contribution in [2.75, 3.05) is 80.0 Å². The summed E-state index contributed by atoms with van der Waals surface area (Å²) in [5, 5.41) is 8.66. The highest BCUT2D eigenvalue weighted by Crippen LogP contribution is 2.41. The van der Waals surface area contributed by atoms with E-state index in [0.29, 0.717) is 106 Å². The van der Waals surface area contributed by atoms with Gasteiger partial charge in [-0.1, -0.05) is 25.8 Å². The van der Waals surface area contributed by atoms with E-state index in [2.05, 4.69) is 35.6 Å². The van der Waals surface area contributed by atoms with Crippen molar-refractivity contribution < 1.29 is 38.3 Å². The van der Waals surface area contributed by atoms with Gasteiger partial charge in [-0.15, -0.1) is 0 Å². The fourth-order valence-corrected chi connectivity index (χ4v) is 10.4. The van der Waals surface area contributed by atoms with E-state index >= 15 is 0 Å². The van der Waals surface area contributed by atoms with Crippen LogP contribution in [0.25, 0.3) is 0 Å². The Morgan fingerprint density at radius 3 is 2.36 bits per heavy atom. The van der Waals surface area contributed by atoms with Crippen molar-refractivity contribution in [2.24, 2.45) is 0 Å². The standard InChI is InChI=1S/C47H57N11O8/c1-4-33-45(64)53(2)36-27-48-47(52-41(36)57(33)30-8-5-6-9-30)50-32-13-12-28(26-37(32)66-3)42(61)49-29-16-20-56(21-17-29)39(60)18-19-54-22-24-55(25-23-54)34-11-7-10-31-40(34)46(65)58(44(31)63)35-14-15-38(59)51-43(35)62/h7,10-13,26-27,29-30,33,35H,4-6,8-9,14-25H2,1-3H3,(H,49,61)(H,48,50,52)(H,51,59,62)/t33-,35?/m1/s1. The van der Waals surface area contributed by atoms with Crippen LogP contribution in [-0.2, 0) is 19.2 Å². The highest BCUT2D eigenvalue weighted by Gasteiger charge is 2.46. The number of likely N-dealkylation sites (N-methyl/N-ethyl adjacent to an activating group) is 1. The van der Waals surface area contributed by atoms with Gasteiger partial charge in [-0.3, -0.25) is 48.7 Å². The number of aromatic nitrogens is 2. The summed E-state index contributed by atoms with van der Waals surface area (Å²) in [5.41, 5.74) is 2.89. The zero-order valence-corrected chi connectivity index (χ0v) is 37.7. The third-order valence-electron chi connectivity index (χ3n) is 14.1. The van der Waals surface area contributed by atoms with Gasteiger partial charge in [-0.25, -0.2) is 4.98 Å². The number of fused-ring (bicyclic) bond motifs is 2. The van der Waals surface area contributed by atoms with Crippen LogP contribution in [0.15, 0.2) is 42.6 Å². The molecule has 19 heteroatoms. The topological polar surface area (TPSA) is 210 Å². The van der Waals surface area contributed by atoms with Crippen molar-refractivity contribution in [3.05, 3.63) is 59.3 Å². The number of piperidine rings is 2. The average molecular weight is 904 g/mol. The molecule has 1 aliphatic carbocycles. The van der Waals surface area contributed by atoms with Crippen LogP contribution in [0.5, 0.6) is 5.75 Å². The van der Waals surface area contributed by atoms with Gasteiger partial charge < -0.3 is 35.0 Å². The maximum atomic E-state index is 13.6. The molecule has 0 radical (unpaired) electrons. The van der Waals surface area contributed by atoms with E-state index in [1.807, 2.05) is 17.9 Å². The number of nitrogens with one attached hydrogen (secondary N) is 3. The number of imide groups is 2. The summed E-state index contributed by atoms with van der Waals surface area (Å²) >= 11 is 0. The second-order valence-corrected chi connectivity index (χ2v) is 18.0. The Morgan fingerprint density at radius 2 is 1.65 bits per heavy atom. The molecule has 19 nitrogen and oxygen atoms in total. The lowest BCUT2D eigenvalue weighted by atomic mass is 10.0. The molecule has 1 unspecified atom stereocenters. The molecule has 2 aromatic carbocycles. The van der Waals surface area contributed by atoms with E-state index in [1.54, 1.807) is 55.6 Å². The second-order valence-electron chi connectivity index (χ2n) is 18.0. The summed E-state index contributed by atoms with van der Waals surface area (Å²) in [6.07, 6.45) is 8.42. The highest BCUT2D eigenvalue weighted by atomic mass is 16.5. The first-order chi connectivity index (χ1) is 31.9. The van der Waals surface area contributed by atoms with Crippen LogP contribution in [0.3, 0.4) is 0 Å². The van der Waals surface area contributed by atoms with Crippen molar-refractivity contribution in [3.63, 3.8) is 0 Å². The largest absolute Gasteiger partial charge is 0.495 e. The molecule has 1 aromatic heterocycles. The van der Waals surface area contributed by atoms with Crippen LogP contribution in [0.4, 0.5) is 28.8 Å². The molecule has 5 aliphatic heterocycles. The lowest BCUT2D eigenvalue weighted by molar-refractivity contribution is -0.136. The van der Waals surface area contributed by atoms with E-state index in [0.717, 1.165) is 36.4 Å². The molecule has 2 atom stereocenters. The summed E-state index contributed by atoms with van der Waals surface area (Å²) in [6.45, 7) is 6.18. The van der Waals surface area contributed by atoms with Crippen LogP contribution in [0, 0.1) is 0 Å². The molecule has 3 aromatic rings. The Morgan fingerprint density at radius 1 is 0.894 bits per heavy atom. The number of benzene rings is 2. The molecule has 0 spiro atoms. The van der Waals surface area contributed by atoms with Crippen LogP contribution in [-0.4, -0.2) is 150 Å². The zero-order chi connectivity index (χ0) is 46.2. The molecule has 0 bridgehead atoms. The number of carbonyl (C=O) groups excluding carboxylic acids is 7. The fourth-order valence-electron chi connectivity index (χ4n) is 10.4. The summed E-state index contributed by atoms with van der Waals surface area (Å²) in [6, 6.07) is 9.18. The van der Waals surface area contributed by atoms with Gasteiger partial charge in [-0.05, 0) is 68.9 Å². The summed E-state index contributed by atoms with van der Waals surface area (Å²) in [5.74, 6) is -0.680. The molecule has 6 aliphatic rings. The minimum absolute atomic E-state index is 0.0514. The second kappa shape index (κ2) is 18.7. The molecule has 66 heavy (non-hydrogen) atoms. The Balaban J connectivity index is 0.741. The molecule has 7 amide bonds. The van der Waals surface area contributed by atoms with E-state index < -0.39 is 29.7 Å². The quantitative estimate of drug-likeness (QED) is 0.223. The monoisotopic (exact) mass is 903 g/mol. The van der Waals surface area contributed by atoms with Gasteiger partial charge in [0, 0.05) is 83.3 Å². The van der Waals surface area contributed by atoms with E-state index in [1.165, 1.54) is 0 Å². The molecule has 9 rings (SSSR count). The first-order valence-corrected chi connectivity index (χ1v) is 23.2. The number of ether oxygens (including phenoxy) is 1. The predicted molar refractivity (Wildman–Crippen MR) is 244 cm³/mol. The minimum atomic E-state index is -1.02. The van der Waals surface area contributed by atoms with Crippen molar-refractivity contribution >= 4 is 70.2 Å². The lowest BCUT2D eigenvalue weighted by Crippen LogP contribution is -2.55. The van der Waals surface area contributed by atoms with Gasteiger partial charge in [0.15, 0.2) is 5.82 Å². The van der Waals surface area contributed by atoms with Crippen LogP contribution >= 0.6 is 0 Å². The number of amides is 7. The van der Waals surface area contributed by atoms with Crippen LogP contribution in [0.2, 0.25) is 0 Å². The predicted octanol–water partition coefficient (Wildman–Crippen LogP) is 3.07. The first kappa shape index (κ1) is 44.6. The highest BCUT2D eigenvalue weighted by molar-refractivity contribution is 6.25. The zero-order valence-electron chi connectivity index (χ0n) is 37.7. The van der Waals surface area contributed by atoms with Gasteiger partial charge in [0.25, 0.3) is 17.7 Å². The van der Waals surface area contributed by atoms with E-state index in [9.17, 15) is 33.6 Å². The Labute approximate surface area is 383 Å². The Kier molecular flexibility index (Phi) is 12.6. The molecule has 1 saturated carbocycles. The van der Waals surface area contributed by atoms with Crippen molar-refractivity contribution in [3.8, 4) is 5.75 Å². The van der Waals surface area contributed by atoms with Gasteiger partial charge in [0.05, 0.1) is 35.8 Å².